The van der Waals surface area contributed by atoms with Crippen LogP contribution in [-0.2, 0) is 6.54 Å². The normalized spacial score (nSPS) is 13.3. The Labute approximate surface area is 153 Å². The number of imide groups is 1. The number of benzene rings is 2. The zero-order valence-corrected chi connectivity index (χ0v) is 14.7. The van der Waals surface area contributed by atoms with Crippen LogP contribution in [0.5, 0.6) is 0 Å². The van der Waals surface area contributed by atoms with E-state index in [0.717, 1.165) is 32.2 Å². The zero-order valence-electron chi connectivity index (χ0n) is 14.7. The highest BCUT2D eigenvalue weighted by molar-refractivity contribution is 6.21. The van der Waals surface area contributed by atoms with Gasteiger partial charge in [-0.1, -0.05) is 43.2 Å². The molecule has 136 valence electrons. The highest BCUT2D eigenvalue weighted by atomic mass is 19.1. The average Bonchev–Trinajstić information content (AvgIpc) is 2.90. The molecule has 5 heteroatoms. The van der Waals surface area contributed by atoms with Gasteiger partial charge in [-0.15, -0.1) is 0 Å². The summed E-state index contributed by atoms with van der Waals surface area (Å²) in [5, 5.41) is 3.24. The number of hydrogen-bond donors (Lipinski definition) is 1. The maximum Gasteiger partial charge on any atom is 0.261 e. The lowest BCUT2D eigenvalue weighted by atomic mass is 10.1. The highest BCUT2D eigenvalue weighted by Crippen LogP contribution is 2.22. The molecule has 0 aromatic heterocycles. The number of rotatable bonds is 9. The van der Waals surface area contributed by atoms with Crippen molar-refractivity contribution in [1.82, 2.24) is 10.2 Å². The molecule has 4 nitrogen and oxygen atoms in total. The number of amides is 2. The second-order valence-corrected chi connectivity index (χ2v) is 6.49. The summed E-state index contributed by atoms with van der Waals surface area (Å²) in [6.45, 7) is 1.82. The second-order valence-electron chi connectivity index (χ2n) is 6.49. The lowest BCUT2D eigenvalue weighted by molar-refractivity contribution is 0.0651. The van der Waals surface area contributed by atoms with Crippen molar-refractivity contribution in [2.45, 2.75) is 32.2 Å². The molecule has 1 aliphatic heterocycles. The third-order valence-electron chi connectivity index (χ3n) is 4.64. The van der Waals surface area contributed by atoms with E-state index in [2.05, 4.69) is 5.32 Å². The van der Waals surface area contributed by atoms with E-state index in [9.17, 15) is 14.0 Å². The first-order chi connectivity index (χ1) is 12.7. The zero-order chi connectivity index (χ0) is 18.4. The molecule has 1 heterocycles. The minimum Gasteiger partial charge on any atom is -0.313 e. The Hall–Kier alpha value is -2.53. The van der Waals surface area contributed by atoms with E-state index >= 15 is 0 Å². The van der Waals surface area contributed by atoms with E-state index in [1.54, 1.807) is 36.4 Å². The molecule has 0 saturated carbocycles. The van der Waals surface area contributed by atoms with Gasteiger partial charge < -0.3 is 5.32 Å². The van der Waals surface area contributed by atoms with E-state index in [0.29, 0.717) is 29.8 Å². The third kappa shape index (κ3) is 4.17. The van der Waals surface area contributed by atoms with Gasteiger partial charge in [0, 0.05) is 18.7 Å². The number of carbonyl (C=O) groups is 2. The molecular formula is C21H23FN2O2. The molecule has 2 aromatic rings. The molecule has 2 amide bonds. The van der Waals surface area contributed by atoms with E-state index < -0.39 is 0 Å². The molecule has 0 fully saturated rings. The molecule has 26 heavy (non-hydrogen) atoms. The molecule has 0 aliphatic carbocycles. The summed E-state index contributed by atoms with van der Waals surface area (Å²) in [7, 11) is 0. The first-order valence-corrected chi connectivity index (χ1v) is 9.08. The molecular weight excluding hydrogens is 331 g/mol. The van der Waals surface area contributed by atoms with Crippen LogP contribution in [0.2, 0.25) is 0 Å². The van der Waals surface area contributed by atoms with Gasteiger partial charge in [0.1, 0.15) is 5.82 Å². The van der Waals surface area contributed by atoms with Crippen LogP contribution >= 0.6 is 0 Å². The maximum absolute atomic E-state index is 13.5. The monoisotopic (exact) mass is 354 g/mol. The van der Waals surface area contributed by atoms with Crippen LogP contribution < -0.4 is 5.32 Å². The van der Waals surface area contributed by atoms with Crippen LogP contribution in [0, 0.1) is 5.82 Å². The molecule has 0 radical (unpaired) electrons. The van der Waals surface area contributed by atoms with Crippen molar-refractivity contribution in [3.8, 4) is 0 Å². The van der Waals surface area contributed by atoms with Crippen LogP contribution in [-0.4, -0.2) is 29.8 Å². The van der Waals surface area contributed by atoms with Gasteiger partial charge in [-0.25, -0.2) is 4.39 Å². The summed E-state index contributed by atoms with van der Waals surface area (Å²) in [6.07, 6.45) is 3.75. The van der Waals surface area contributed by atoms with Gasteiger partial charge in [0.15, 0.2) is 0 Å². The Bertz CT molecular complexity index is 756. The largest absolute Gasteiger partial charge is 0.313 e. The minimum absolute atomic E-state index is 0.180. The fraction of sp³-hybridized carbons (Fsp3) is 0.333. The van der Waals surface area contributed by atoms with E-state index in [1.807, 2.05) is 6.07 Å². The highest BCUT2D eigenvalue weighted by Gasteiger charge is 2.34. The van der Waals surface area contributed by atoms with Crippen LogP contribution in [0.15, 0.2) is 48.5 Å². The van der Waals surface area contributed by atoms with Crippen LogP contribution in [0.3, 0.4) is 0 Å². The Kier molecular flexibility index (Phi) is 6.12. The average molecular weight is 354 g/mol. The van der Waals surface area contributed by atoms with Crippen molar-refractivity contribution < 1.29 is 14.0 Å². The fourth-order valence-electron chi connectivity index (χ4n) is 3.18. The second kappa shape index (κ2) is 8.72. The van der Waals surface area contributed by atoms with Gasteiger partial charge in [-0.3, -0.25) is 14.5 Å². The number of carbonyl (C=O) groups excluding carboxylic acids is 2. The minimum atomic E-state index is -0.183. The summed E-state index contributed by atoms with van der Waals surface area (Å²) in [6, 6.07) is 13.7. The molecule has 1 aliphatic rings. The molecule has 1 N–H and O–H groups in total. The molecule has 2 aromatic carbocycles. The van der Waals surface area contributed by atoms with Crippen LogP contribution in [0.1, 0.15) is 52.0 Å². The molecule has 0 unspecified atom stereocenters. The smallest absolute Gasteiger partial charge is 0.261 e. The lowest BCUT2D eigenvalue weighted by Gasteiger charge is -2.13. The summed E-state index contributed by atoms with van der Waals surface area (Å²) in [5.41, 5.74) is 1.70. The third-order valence-corrected chi connectivity index (χ3v) is 4.64. The van der Waals surface area contributed by atoms with Crippen molar-refractivity contribution in [2.24, 2.45) is 0 Å². The fourth-order valence-corrected chi connectivity index (χ4v) is 3.18. The van der Waals surface area contributed by atoms with E-state index in [-0.39, 0.29) is 17.6 Å². The lowest BCUT2D eigenvalue weighted by Crippen LogP contribution is -2.30. The number of nitrogens with zero attached hydrogens (tertiary/aromatic N) is 1. The number of fused-ring (bicyclic) bond motifs is 1. The number of hydrogen-bond acceptors (Lipinski definition) is 3. The van der Waals surface area contributed by atoms with Gasteiger partial charge in [0.05, 0.1) is 11.1 Å². The van der Waals surface area contributed by atoms with Gasteiger partial charge in [0.2, 0.25) is 0 Å². The topological polar surface area (TPSA) is 49.4 Å². The van der Waals surface area contributed by atoms with Crippen molar-refractivity contribution in [1.29, 1.82) is 0 Å². The van der Waals surface area contributed by atoms with Crippen molar-refractivity contribution >= 4 is 11.8 Å². The Morgan fingerprint density at radius 1 is 0.808 bits per heavy atom. The van der Waals surface area contributed by atoms with E-state index in [1.165, 1.54) is 11.0 Å². The van der Waals surface area contributed by atoms with Crippen molar-refractivity contribution in [3.05, 3.63) is 71.0 Å². The standard InChI is InChI=1S/C21H23FN2O2/c22-19-12-6-3-9-16(19)15-23-13-7-1-2-8-14-24-20(25)17-10-4-5-11-18(17)21(24)26/h3-6,9-12,23H,1-2,7-8,13-15H2. The van der Waals surface area contributed by atoms with Crippen molar-refractivity contribution in [3.63, 3.8) is 0 Å². The summed E-state index contributed by atoms with van der Waals surface area (Å²) in [4.78, 5) is 25.8. The first-order valence-electron chi connectivity index (χ1n) is 9.08. The van der Waals surface area contributed by atoms with Gasteiger partial charge >= 0.3 is 0 Å². The summed E-state index contributed by atoms with van der Waals surface area (Å²) >= 11 is 0. The molecule has 0 bridgehead atoms. The molecule has 3 rings (SSSR count). The Morgan fingerprint density at radius 2 is 1.42 bits per heavy atom. The SMILES string of the molecule is O=C1c2ccccc2C(=O)N1CCCCCCNCc1ccccc1F. The summed E-state index contributed by atoms with van der Waals surface area (Å²) < 4.78 is 13.5. The van der Waals surface area contributed by atoms with Gasteiger partial charge in [-0.05, 0) is 37.6 Å². The molecule has 0 saturated heterocycles. The predicted octanol–water partition coefficient (Wildman–Crippen LogP) is 3.77. The number of unbranched alkanes of at least 4 members (excludes halogenated alkanes) is 3. The van der Waals surface area contributed by atoms with Gasteiger partial charge in [0.25, 0.3) is 11.8 Å². The summed E-state index contributed by atoms with van der Waals surface area (Å²) in [5.74, 6) is -0.546. The first kappa shape index (κ1) is 18.3. The maximum atomic E-state index is 13.5. The Morgan fingerprint density at radius 3 is 2.12 bits per heavy atom. The van der Waals surface area contributed by atoms with Crippen LogP contribution in [0.25, 0.3) is 0 Å². The number of nitrogens with one attached hydrogen (secondary N) is 1. The predicted molar refractivity (Wildman–Crippen MR) is 98.4 cm³/mol. The molecule has 0 atom stereocenters. The van der Waals surface area contributed by atoms with Crippen molar-refractivity contribution in [2.75, 3.05) is 13.1 Å². The molecule has 0 spiro atoms. The van der Waals surface area contributed by atoms with Gasteiger partial charge in [-0.2, -0.15) is 0 Å². The van der Waals surface area contributed by atoms with Crippen LogP contribution in [0.4, 0.5) is 4.39 Å². The quantitative estimate of drug-likeness (QED) is 0.551. The Balaban J connectivity index is 1.30. The van der Waals surface area contributed by atoms with E-state index in [4.69, 9.17) is 0 Å². The number of halogens is 1.